The second-order valence-electron chi connectivity index (χ2n) is 7.32. The average Bonchev–Trinajstić information content (AvgIpc) is 3.31. The van der Waals surface area contributed by atoms with Gasteiger partial charge in [0.1, 0.15) is 0 Å². The molecule has 1 heterocycles. The van der Waals surface area contributed by atoms with Gasteiger partial charge in [-0.3, -0.25) is 4.79 Å². The zero-order valence-electron chi connectivity index (χ0n) is 17.9. The molecule has 1 saturated heterocycles. The zero-order chi connectivity index (χ0) is 23.5. The van der Waals surface area contributed by atoms with Crippen LogP contribution in [-0.4, -0.2) is 57.5 Å². The van der Waals surface area contributed by atoms with Crippen LogP contribution >= 0.6 is 11.6 Å². The minimum atomic E-state index is -3.70. The summed E-state index contributed by atoms with van der Waals surface area (Å²) in [5.41, 5.74) is 0.379. The van der Waals surface area contributed by atoms with E-state index in [-0.39, 0.29) is 20.4 Å². The van der Waals surface area contributed by atoms with Gasteiger partial charge in [-0.2, -0.15) is 8.61 Å². The van der Waals surface area contributed by atoms with Crippen molar-refractivity contribution in [1.29, 1.82) is 0 Å². The van der Waals surface area contributed by atoms with Gasteiger partial charge in [0.15, 0.2) is 0 Å². The molecule has 3 rings (SSSR count). The van der Waals surface area contributed by atoms with Crippen LogP contribution in [0, 0.1) is 0 Å². The predicted octanol–water partition coefficient (Wildman–Crippen LogP) is 3.41. The molecule has 8 nitrogen and oxygen atoms in total. The van der Waals surface area contributed by atoms with E-state index in [1.54, 1.807) is 13.8 Å². The fourth-order valence-corrected chi connectivity index (χ4v) is 6.74. The van der Waals surface area contributed by atoms with Gasteiger partial charge < -0.3 is 5.32 Å². The van der Waals surface area contributed by atoms with Crippen LogP contribution in [0.25, 0.3) is 0 Å². The average molecular weight is 500 g/mol. The van der Waals surface area contributed by atoms with E-state index in [0.29, 0.717) is 31.9 Å². The van der Waals surface area contributed by atoms with E-state index in [1.807, 2.05) is 0 Å². The highest BCUT2D eigenvalue weighted by Crippen LogP contribution is 2.26. The third-order valence-corrected chi connectivity index (χ3v) is 9.63. The molecular weight excluding hydrogens is 474 g/mol. The number of carbonyl (C=O) groups excluding carboxylic acids is 1. The van der Waals surface area contributed by atoms with Gasteiger partial charge in [-0.15, -0.1) is 0 Å². The molecule has 32 heavy (non-hydrogen) atoms. The Morgan fingerprint density at radius 1 is 0.969 bits per heavy atom. The Morgan fingerprint density at radius 2 is 1.53 bits per heavy atom. The van der Waals surface area contributed by atoms with Crippen molar-refractivity contribution in [3.63, 3.8) is 0 Å². The number of nitrogens with zero attached hydrogens (tertiary/aromatic N) is 2. The Hall–Kier alpha value is -1.98. The molecule has 11 heteroatoms. The second kappa shape index (κ2) is 9.88. The molecule has 2 aromatic rings. The maximum Gasteiger partial charge on any atom is 0.257 e. The summed E-state index contributed by atoms with van der Waals surface area (Å²) in [5.74, 6) is -0.590. The van der Waals surface area contributed by atoms with E-state index in [4.69, 9.17) is 11.6 Å². The van der Waals surface area contributed by atoms with Gasteiger partial charge in [0.05, 0.1) is 20.4 Å². The number of hydrogen-bond donors (Lipinski definition) is 1. The van der Waals surface area contributed by atoms with Gasteiger partial charge in [0.2, 0.25) is 20.0 Å². The molecule has 1 fully saturated rings. The summed E-state index contributed by atoms with van der Waals surface area (Å²) in [6, 6.07) is 9.83. The van der Waals surface area contributed by atoms with Crippen molar-refractivity contribution in [2.45, 2.75) is 36.5 Å². The number of sulfonamides is 2. The highest BCUT2D eigenvalue weighted by Gasteiger charge is 2.28. The van der Waals surface area contributed by atoms with Gasteiger partial charge >= 0.3 is 0 Å². The number of hydrogen-bond acceptors (Lipinski definition) is 5. The highest BCUT2D eigenvalue weighted by molar-refractivity contribution is 7.89. The summed E-state index contributed by atoms with van der Waals surface area (Å²) >= 11 is 6.16. The standard InChI is InChI=1S/C21H26ClN3O5S2/c1-3-24(4-2)31(27,28)17-9-7-16(8-10-17)23-21(26)19-15-18(11-12-20(19)22)32(29,30)25-13-5-6-14-25/h7-12,15H,3-6,13-14H2,1-2H3,(H,23,26). The van der Waals surface area contributed by atoms with Gasteiger partial charge in [0.25, 0.3) is 5.91 Å². The van der Waals surface area contributed by atoms with Crippen molar-refractivity contribution in [1.82, 2.24) is 8.61 Å². The van der Waals surface area contributed by atoms with Crippen molar-refractivity contribution in [3.05, 3.63) is 53.1 Å². The maximum atomic E-state index is 12.8. The van der Waals surface area contributed by atoms with E-state index < -0.39 is 26.0 Å². The normalized spacial score (nSPS) is 15.2. The van der Waals surface area contributed by atoms with Crippen molar-refractivity contribution >= 4 is 43.2 Å². The lowest BCUT2D eigenvalue weighted by molar-refractivity contribution is 0.102. The van der Waals surface area contributed by atoms with Gasteiger partial charge in [-0.1, -0.05) is 25.4 Å². The van der Waals surface area contributed by atoms with Crippen LogP contribution in [-0.2, 0) is 20.0 Å². The molecule has 0 atom stereocenters. The van der Waals surface area contributed by atoms with Crippen LogP contribution in [0.3, 0.4) is 0 Å². The largest absolute Gasteiger partial charge is 0.322 e. The fourth-order valence-electron chi connectivity index (χ4n) is 3.54. The molecule has 1 aliphatic rings. The molecule has 174 valence electrons. The van der Waals surface area contributed by atoms with Crippen LogP contribution in [0.2, 0.25) is 5.02 Å². The first kappa shape index (κ1) is 24.7. The number of halogens is 1. The van der Waals surface area contributed by atoms with Gasteiger partial charge in [0, 0.05) is 31.9 Å². The van der Waals surface area contributed by atoms with E-state index >= 15 is 0 Å². The smallest absolute Gasteiger partial charge is 0.257 e. The zero-order valence-corrected chi connectivity index (χ0v) is 20.3. The molecule has 1 amide bonds. The molecule has 0 radical (unpaired) electrons. The van der Waals surface area contributed by atoms with Gasteiger partial charge in [-0.25, -0.2) is 16.8 Å². The van der Waals surface area contributed by atoms with Crippen molar-refractivity contribution < 1.29 is 21.6 Å². The first-order chi connectivity index (χ1) is 15.1. The molecule has 1 N–H and O–H groups in total. The molecule has 0 aliphatic carbocycles. The number of anilines is 1. The lowest BCUT2D eigenvalue weighted by atomic mass is 10.2. The second-order valence-corrected chi connectivity index (χ2v) is 11.6. The van der Waals surface area contributed by atoms with E-state index in [9.17, 15) is 21.6 Å². The summed E-state index contributed by atoms with van der Waals surface area (Å²) in [6.45, 7) is 5.14. The van der Waals surface area contributed by atoms with Crippen molar-refractivity contribution in [3.8, 4) is 0 Å². The van der Waals surface area contributed by atoms with E-state index in [2.05, 4.69) is 5.32 Å². The number of carbonyl (C=O) groups is 1. The first-order valence-electron chi connectivity index (χ1n) is 10.3. The SMILES string of the molecule is CCN(CC)S(=O)(=O)c1ccc(NC(=O)c2cc(S(=O)(=O)N3CCCC3)ccc2Cl)cc1. The van der Waals surface area contributed by atoms with Crippen LogP contribution in [0.4, 0.5) is 5.69 Å². The third-order valence-electron chi connectivity index (χ3n) is 5.34. The molecule has 0 saturated carbocycles. The van der Waals surface area contributed by atoms with E-state index in [0.717, 1.165) is 12.8 Å². The third kappa shape index (κ3) is 4.99. The topological polar surface area (TPSA) is 104 Å². The number of rotatable bonds is 8. The summed E-state index contributed by atoms with van der Waals surface area (Å²) in [6.07, 6.45) is 1.61. The summed E-state index contributed by atoms with van der Waals surface area (Å²) < 4.78 is 53.5. The first-order valence-corrected chi connectivity index (χ1v) is 13.6. The molecular formula is C21H26ClN3O5S2. The Balaban J connectivity index is 1.82. The Kier molecular flexibility index (Phi) is 7.61. The molecule has 1 aliphatic heterocycles. The van der Waals surface area contributed by atoms with Crippen LogP contribution in [0.15, 0.2) is 52.3 Å². The summed E-state index contributed by atoms with van der Waals surface area (Å²) in [5, 5.41) is 2.76. The van der Waals surface area contributed by atoms with Gasteiger partial charge in [-0.05, 0) is 55.3 Å². The highest BCUT2D eigenvalue weighted by atomic mass is 35.5. The quantitative estimate of drug-likeness (QED) is 0.599. The Labute approximate surface area is 194 Å². The molecule has 0 bridgehead atoms. The molecule has 0 spiro atoms. The minimum Gasteiger partial charge on any atom is -0.322 e. The van der Waals surface area contributed by atoms with Crippen LogP contribution < -0.4 is 5.32 Å². The van der Waals surface area contributed by atoms with Crippen molar-refractivity contribution in [2.24, 2.45) is 0 Å². The van der Waals surface area contributed by atoms with Crippen molar-refractivity contribution in [2.75, 3.05) is 31.5 Å². The monoisotopic (exact) mass is 499 g/mol. The number of benzene rings is 2. The Bertz CT molecular complexity index is 1190. The number of nitrogens with one attached hydrogen (secondary N) is 1. The fraction of sp³-hybridized carbons (Fsp3) is 0.381. The minimum absolute atomic E-state index is 0.00890. The van der Waals surface area contributed by atoms with Crippen LogP contribution in [0.5, 0.6) is 0 Å². The molecule has 0 aromatic heterocycles. The van der Waals surface area contributed by atoms with Crippen LogP contribution in [0.1, 0.15) is 37.0 Å². The molecule has 0 unspecified atom stereocenters. The lowest BCUT2D eigenvalue weighted by Gasteiger charge is -2.18. The van der Waals surface area contributed by atoms with E-state index in [1.165, 1.54) is 51.1 Å². The summed E-state index contributed by atoms with van der Waals surface area (Å²) in [7, 11) is -7.30. The molecule has 2 aromatic carbocycles. The predicted molar refractivity (Wildman–Crippen MR) is 124 cm³/mol. The maximum absolute atomic E-state index is 12.8. The summed E-state index contributed by atoms with van der Waals surface area (Å²) in [4.78, 5) is 12.9. The Morgan fingerprint density at radius 3 is 2.09 bits per heavy atom. The lowest BCUT2D eigenvalue weighted by Crippen LogP contribution is -2.30. The number of amides is 1.